The molecule has 0 bridgehead atoms. The Balaban J connectivity index is 2.37. The number of carbonyl (C=O) groups excluding carboxylic acids is 5. The van der Waals surface area contributed by atoms with Gasteiger partial charge in [-0.25, -0.2) is 4.79 Å². The Labute approximate surface area is 204 Å². The lowest BCUT2D eigenvalue weighted by Crippen LogP contribution is -2.63. The van der Waals surface area contributed by atoms with E-state index in [0.29, 0.717) is 0 Å². The Kier molecular flexibility index (Phi) is 9.66. The molecule has 0 aliphatic carbocycles. The van der Waals surface area contributed by atoms with Crippen molar-refractivity contribution >= 4 is 41.3 Å². The number of nitrogens with zero attached hydrogens (tertiary/aromatic N) is 1. The van der Waals surface area contributed by atoms with Crippen LogP contribution in [0.3, 0.4) is 0 Å². The Morgan fingerprint density at radius 2 is 1.39 bits per heavy atom. The van der Waals surface area contributed by atoms with E-state index in [4.69, 9.17) is 28.4 Å². The maximum Gasteiger partial charge on any atom is 0.412 e. The van der Waals surface area contributed by atoms with Crippen LogP contribution in [0.15, 0.2) is 24.3 Å². The molecular weight excluding hydrogens is 488 g/mol. The Morgan fingerprint density at radius 1 is 0.833 bits per heavy atom. The summed E-state index contributed by atoms with van der Waals surface area (Å²) < 4.78 is 31.4. The number of non-ortho nitro benzene ring substituents is 1. The smallest absolute Gasteiger partial charge is 0.412 e. The van der Waals surface area contributed by atoms with Crippen LogP contribution < -0.4 is 5.32 Å². The van der Waals surface area contributed by atoms with E-state index in [0.717, 1.165) is 39.8 Å². The van der Waals surface area contributed by atoms with Gasteiger partial charge in [0.2, 0.25) is 12.4 Å². The summed E-state index contributed by atoms with van der Waals surface area (Å²) in [4.78, 5) is 69.4. The molecule has 15 heteroatoms. The minimum Gasteiger partial charge on any atom is -0.463 e. The molecule has 0 aromatic heterocycles. The SMILES string of the molecule is CC(=O)OC[C@H]1O[C@H](OC(C)=O)[C@@H](OC(C)=O)[C@@H](OC(C)=O)[C@@H]1OC(=O)Nc1ccc([N+](=O)[O-])cc1. The summed E-state index contributed by atoms with van der Waals surface area (Å²) in [7, 11) is 0. The van der Waals surface area contributed by atoms with Crippen LogP contribution >= 0.6 is 0 Å². The van der Waals surface area contributed by atoms with E-state index in [1.54, 1.807) is 0 Å². The van der Waals surface area contributed by atoms with Crippen LogP contribution in [0.25, 0.3) is 0 Å². The van der Waals surface area contributed by atoms with E-state index in [2.05, 4.69) is 5.32 Å². The highest BCUT2D eigenvalue weighted by Gasteiger charge is 2.53. The summed E-state index contributed by atoms with van der Waals surface area (Å²) in [6.07, 6.45) is -8.68. The number of nitro groups is 1. The normalized spacial score (nSPS) is 22.9. The van der Waals surface area contributed by atoms with Gasteiger partial charge in [0.05, 0.1) is 4.92 Å². The predicted molar refractivity (Wildman–Crippen MR) is 115 cm³/mol. The molecule has 0 radical (unpaired) electrons. The average Bonchev–Trinajstić information content (AvgIpc) is 2.75. The molecule has 1 aromatic rings. The zero-order valence-electron chi connectivity index (χ0n) is 19.7. The Morgan fingerprint density at radius 3 is 1.89 bits per heavy atom. The number of esters is 4. The van der Waals surface area contributed by atoms with Crippen LogP contribution in [0.5, 0.6) is 0 Å². The third-order valence-electron chi connectivity index (χ3n) is 4.50. The number of hydrogen-bond acceptors (Lipinski definition) is 13. The third-order valence-corrected chi connectivity index (χ3v) is 4.50. The largest absolute Gasteiger partial charge is 0.463 e. The first-order valence-corrected chi connectivity index (χ1v) is 10.4. The number of carbonyl (C=O) groups is 5. The van der Waals surface area contributed by atoms with Crippen molar-refractivity contribution in [3.8, 4) is 0 Å². The van der Waals surface area contributed by atoms with E-state index in [-0.39, 0.29) is 11.4 Å². The van der Waals surface area contributed by atoms with Crippen molar-refractivity contribution in [2.24, 2.45) is 0 Å². The van der Waals surface area contributed by atoms with Gasteiger partial charge < -0.3 is 28.4 Å². The molecule has 1 aliphatic rings. The maximum atomic E-state index is 12.6. The molecule has 36 heavy (non-hydrogen) atoms. The standard InChI is InChI=1S/C21H24N2O13/c1-10(24)31-9-16-17(36-21(28)22-14-5-7-15(8-6-14)23(29)30)18(32-11(2)25)19(33-12(3)26)20(35-16)34-13(4)27/h5-8,16-20H,9H2,1-4H3,(H,22,28)/t16-,17-,18+,19+,20+/m1/s1. The quantitative estimate of drug-likeness (QED) is 0.226. The molecule has 1 amide bonds. The molecule has 1 aromatic carbocycles. The summed E-state index contributed by atoms with van der Waals surface area (Å²) >= 11 is 0. The number of rotatable bonds is 8. The highest BCUT2D eigenvalue weighted by molar-refractivity contribution is 5.85. The van der Waals surface area contributed by atoms with E-state index in [9.17, 15) is 34.1 Å². The van der Waals surface area contributed by atoms with Gasteiger partial charge in [-0.1, -0.05) is 0 Å². The van der Waals surface area contributed by atoms with Gasteiger partial charge in [-0.3, -0.25) is 34.6 Å². The van der Waals surface area contributed by atoms with Crippen LogP contribution in [0, 0.1) is 10.1 Å². The number of nitro benzene ring substituents is 1. The molecule has 1 N–H and O–H groups in total. The van der Waals surface area contributed by atoms with Crippen molar-refractivity contribution in [3.05, 3.63) is 34.4 Å². The summed E-state index contributed by atoms with van der Waals surface area (Å²) in [5.74, 6) is -3.27. The second kappa shape index (κ2) is 12.4. The molecule has 1 aliphatic heterocycles. The van der Waals surface area contributed by atoms with Gasteiger partial charge in [0, 0.05) is 45.5 Å². The van der Waals surface area contributed by atoms with E-state index >= 15 is 0 Å². The fourth-order valence-corrected chi connectivity index (χ4v) is 3.19. The van der Waals surface area contributed by atoms with Crippen LogP contribution in [0.2, 0.25) is 0 Å². The fraction of sp³-hybridized carbons (Fsp3) is 0.476. The molecule has 1 heterocycles. The first-order chi connectivity index (χ1) is 16.9. The second-order valence-electron chi connectivity index (χ2n) is 7.40. The van der Waals surface area contributed by atoms with Crippen LogP contribution in [0.4, 0.5) is 16.2 Å². The predicted octanol–water partition coefficient (Wildman–Crippen LogP) is 1.23. The Bertz CT molecular complexity index is 1010. The topological polar surface area (TPSA) is 196 Å². The monoisotopic (exact) mass is 512 g/mol. The lowest BCUT2D eigenvalue weighted by molar-refractivity contribution is -0.384. The fourth-order valence-electron chi connectivity index (χ4n) is 3.19. The number of nitrogens with one attached hydrogen (secondary N) is 1. The summed E-state index contributed by atoms with van der Waals surface area (Å²) in [6.45, 7) is 3.71. The van der Waals surface area contributed by atoms with Crippen molar-refractivity contribution in [3.63, 3.8) is 0 Å². The van der Waals surface area contributed by atoms with Crippen molar-refractivity contribution in [2.75, 3.05) is 11.9 Å². The number of amides is 1. The maximum absolute atomic E-state index is 12.6. The van der Waals surface area contributed by atoms with Crippen molar-refractivity contribution in [2.45, 2.75) is 58.4 Å². The zero-order chi connectivity index (χ0) is 27.0. The molecule has 0 unspecified atom stereocenters. The van der Waals surface area contributed by atoms with E-state index < -0.39 is 72.2 Å². The molecule has 2 rings (SSSR count). The van der Waals surface area contributed by atoms with Crippen molar-refractivity contribution < 1.29 is 57.3 Å². The van der Waals surface area contributed by atoms with E-state index in [1.807, 2.05) is 0 Å². The van der Waals surface area contributed by atoms with Crippen LogP contribution in [-0.2, 0) is 47.6 Å². The molecule has 1 fully saturated rings. The number of benzene rings is 1. The molecular formula is C21H24N2O13. The van der Waals surface area contributed by atoms with Gasteiger partial charge in [0.25, 0.3) is 5.69 Å². The van der Waals surface area contributed by atoms with Gasteiger partial charge in [0.1, 0.15) is 12.7 Å². The molecule has 0 spiro atoms. The molecule has 15 nitrogen and oxygen atoms in total. The highest BCUT2D eigenvalue weighted by Crippen LogP contribution is 2.30. The first kappa shape index (κ1) is 28.0. The average molecular weight is 512 g/mol. The minimum absolute atomic E-state index is 0.122. The van der Waals surface area contributed by atoms with Crippen molar-refractivity contribution in [1.29, 1.82) is 0 Å². The minimum atomic E-state index is -1.60. The van der Waals surface area contributed by atoms with Crippen LogP contribution in [-0.4, -0.2) is 72.2 Å². The van der Waals surface area contributed by atoms with Gasteiger partial charge in [-0.2, -0.15) is 0 Å². The molecule has 5 atom stereocenters. The Hall–Kier alpha value is -4.27. The lowest BCUT2D eigenvalue weighted by Gasteiger charge is -2.43. The van der Waals surface area contributed by atoms with E-state index in [1.165, 1.54) is 12.1 Å². The lowest BCUT2D eigenvalue weighted by atomic mass is 9.98. The molecule has 1 saturated heterocycles. The molecule has 196 valence electrons. The summed E-state index contributed by atoms with van der Waals surface area (Å²) in [5, 5.41) is 13.1. The van der Waals surface area contributed by atoms with Crippen LogP contribution in [0.1, 0.15) is 27.7 Å². The highest BCUT2D eigenvalue weighted by atomic mass is 16.7. The number of hydrogen-bond donors (Lipinski definition) is 1. The first-order valence-electron chi connectivity index (χ1n) is 10.4. The van der Waals surface area contributed by atoms with Gasteiger partial charge in [-0.05, 0) is 12.1 Å². The second-order valence-corrected chi connectivity index (χ2v) is 7.40. The van der Waals surface area contributed by atoms with Crippen molar-refractivity contribution in [1.82, 2.24) is 0 Å². The number of anilines is 1. The van der Waals surface area contributed by atoms with Gasteiger partial charge >= 0.3 is 30.0 Å². The molecule has 0 saturated carbocycles. The van der Waals surface area contributed by atoms with Gasteiger partial charge in [-0.15, -0.1) is 0 Å². The summed E-state index contributed by atoms with van der Waals surface area (Å²) in [5.41, 5.74) is -0.0936. The zero-order valence-corrected chi connectivity index (χ0v) is 19.7. The third kappa shape index (κ3) is 8.19. The number of ether oxygens (including phenoxy) is 6. The van der Waals surface area contributed by atoms with Gasteiger partial charge in [0.15, 0.2) is 12.2 Å². The summed E-state index contributed by atoms with van der Waals surface area (Å²) in [6, 6.07) is 4.78.